The Kier molecular flexibility index (Phi) is 15.4. The van der Waals surface area contributed by atoms with Gasteiger partial charge in [-0.05, 0) is 77.1 Å². The Hall–Kier alpha value is -5.35. The normalized spacial score (nSPS) is 14.8. The van der Waals surface area contributed by atoms with Crippen LogP contribution < -0.4 is 26.4 Å². The summed E-state index contributed by atoms with van der Waals surface area (Å²) in [6.07, 6.45) is 0.524. The van der Waals surface area contributed by atoms with Crippen molar-refractivity contribution in [2.75, 3.05) is 40.3 Å². The monoisotopic (exact) mass is 852 g/mol. The molecule has 3 rings (SSSR count). The van der Waals surface area contributed by atoms with Crippen molar-refractivity contribution in [1.29, 1.82) is 0 Å². The van der Waals surface area contributed by atoms with Gasteiger partial charge in [0.15, 0.2) is 4.90 Å². The number of benzene rings is 2. The molecule has 0 unspecified atom stereocenters. The van der Waals surface area contributed by atoms with Crippen molar-refractivity contribution in [3.05, 3.63) is 56.6 Å². The summed E-state index contributed by atoms with van der Waals surface area (Å²) >= 11 is 0. The van der Waals surface area contributed by atoms with Crippen LogP contribution in [-0.2, 0) is 50.4 Å². The predicted molar refractivity (Wildman–Crippen MR) is 212 cm³/mol. The van der Waals surface area contributed by atoms with E-state index in [1.165, 1.54) is 19.2 Å². The number of nitro benzene ring substituents is 1. The van der Waals surface area contributed by atoms with Crippen LogP contribution in [0.5, 0.6) is 5.75 Å². The Morgan fingerprint density at radius 1 is 1.03 bits per heavy atom. The van der Waals surface area contributed by atoms with E-state index in [9.17, 15) is 46.1 Å². The molecule has 1 heterocycles. The molecule has 1 aliphatic heterocycles. The highest BCUT2D eigenvalue weighted by molar-refractivity contribution is 7.90. The van der Waals surface area contributed by atoms with Crippen LogP contribution in [0.4, 0.5) is 5.69 Å². The van der Waals surface area contributed by atoms with E-state index in [1.807, 2.05) is 13.8 Å². The third-order valence-corrected chi connectivity index (χ3v) is 12.7. The number of nitrogens with one attached hydrogen (secondary N) is 3. The van der Waals surface area contributed by atoms with Gasteiger partial charge in [-0.1, -0.05) is 12.1 Å². The molecule has 20 nitrogen and oxygen atoms in total. The molecule has 5 N–H and O–H groups in total. The van der Waals surface area contributed by atoms with Crippen LogP contribution in [0.1, 0.15) is 62.8 Å². The summed E-state index contributed by atoms with van der Waals surface area (Å²) in [6, 6.07) is 1.62. The van der Waals surface area contributed by atoms with E-state index in [4.69, 9.17) is 15.2 Å². The minimum atomic E-state index is -4.62. The van der Waals surface area contributed by atoms with Gasteiger partial charge in [-0.3, -0.25) is 29.3 Å². The lowest BCUT2D eigenvalue weighted by molar-refractivity contribution is -0.387. The summed E-state index contributed by atoms with van der Waals surface area (Å²) < 4.78 is 69.5. The number of fused-ring (bicyclic) bond motifs is 1. The number of hydrogen-bond donors (Lipinski definition) is 4. The Labute approximate surface area is 338 Å². The number of rotatable bonds is 18. The smallest absolute Gasteiger partial charge is 0.325 e. The van der Waals surface area contributed by atoms with Crippen molar-refractivity contribution < 1.29 is 50.4 Å². The molecule has 3 amide bonds. The van der Waals surface area contributed by atoms with E-state index in [0.29, 0.717) is 33.2 Å². The largest absolute Gasteiger partial charge is 0.487 e. The first kappa shape index (κ1) is 47.0. The second-order valence-electron chi connectivity index (χ2n) is 14.4. The number of carbonyl (C=O) groups excluding carboxylic acids is 4. The summed E-state index contributed by atoms with van der Waals surface area (Å²) in [7, 11) is -6.63. The molecule has 58 heavy (non-hydrogen) atoms. The highest BCUT2D eigenvalue weighted by Crippen LogP contribution is 2.44. The van der Waals surface area contributed by atoms with Gasteiger partial charge in [-0.2, -0.15) is 12.7 Å². The van der Waals surface area contributed by atoms with Gasteiger partial charge in [0.2, 0.25) is 33.7 Å². The van der Waals surface area contributed by atoms with Gasteiger partial charge >= 0.3 is 5.97 Å². The van der Waals surface area contributed by atoms with E-state index in [-0.39, 0.29) is 30.9 Å². The number of nitrogens with two attached hydrogens (primary N) is 1. The Balaban J connectivity index is 1.80. The second-order valence-corrected chi connectivity index (χ2v) is 17.9. The van der Waals surface area contributed by atoms with Gasteiger partial charge in [-0.15, -0.1) is 4.40 Å². The first-order valence-electron chi connectivity index (χ1n) is 18.2. The van der Waals surface area contributed by atoms with Crippen molar-refractivity contribution in [1.82, 2.24) is 25.2 Å². The van der Waals surface area contributed by atoms with E-state index < -0.39 is 96.0 Å². The molecule has 2 aromatic rings. The van der Waals surface area contributed by atoms with Crippen LogP contribution in [0, 0.1) is 30.9 Å². The third-order valence-electron chi connectivity index (χ3n) is 9.29. The zero-order valence-corrected chi connectivity index (χ0v) is 35.6. The molecule has 22 heteroatoms. The number of sulfonamides is 2. The number of guanidine groups is 1. The molecule has 0 aromatic heterocycles. The van der Waals surface area contributed by atoms with Crippen LogP contribution in [0.15, 0.2) is 38.5 Å². The minimum Gasteiger partial charge on any atom is -0.487 e. The molecule has 0 spiro atoms. The molecular formula is C36H52N8O12S2. The molecule has 1 aliphatic rings. The lowest BCUT2D eigenvalue weighted by Gasteiger charge is -2.29. The molecule has 2 aromatic carbocycles. The standard InChI is InChI=1S/C36H52N8O12S2/c1-10-55-30(46)20-42(8)34(48)27(19-43(9)58(53,54)29-16-12-11-15-28(29)44(49)50)40-33(47)26(39-24(5)45)14-13-17-38-35(37)41-57(51,52)32-22(3)21(2)31-25(23(32)4)18-36(6,7)56-31/h11-12,15-16,26-27H,10,13-14,17-20H2,1-9H3,(H,39,45)(H,40,47)(H3,37,38,41)/t26-,27-/m0/s1. The van der Waals surface area contributed by atoms with Crippen LogP contribution in [0.3, 0.4) is 0 Å². The average molecular weight is 853 g/mol. The molecular weight excluding hydrogens is 801 g/mol. The summed E-state index contributed by atoms with van der Waals surface area (Å²) in [6.45, 7) is 10.4. The number of carbonyl (C=O) groups is 4. The van der Waals surface area contributed by atoms with Crippen molar-refractivity contribution in [2.45, 2.75) is 95.2 Å². The summed E-state index contributed by atoms with van der Waals surface area (Å²) in [5, 5.41) is 19.2. The van der Waals surface area contributed by atoms with Crippen LogP contribution in [0.25, 0.3) is 0 Å². The predicted octanol–water partition coefficient (Wildman–Crippen LogP) is 0.938. The molecule has 320 valence electrons. The van der Waals surface area contributed by atoms with Gasteiger partial charge in [0.05, 0.1) is 16.4 Å². The number of likely N-dealkylation sites (N-methyl/N-ethyl adjacent to an activating group) is 2. The molecule has 0 bridgehead atoms. The van der Waals surface area contributed by atoms with Gasteiger partial charge in [0.25, 0.3) is 15.7 Å². The molecule has 0 saturated carbocycles. The Morgan fingerprint density at radius 3 is 2.28 bits per heavy atom. The van der Waals surface area contributed by atoms with Crippen molar-refractivity contribution in [3.63, 3.8) is 0 Å². The highest BCUT2D eigenvalue weighted by atomic mass is 32.2. The van der Waals surface area contributed by atoms with E-state index in [2.05, 4.69) is 20.3 Å². The number of para-hydroxylation sites is 1. The van der Waals surface area contributed by atoms with E-state index >= 15 is 0 Å². The number of nitrogens with zero attached hydrogens (tertiary/aromatic N) is 4. The maximum atomic E-state index is 13.7. The summed E-state index contributed by atoms with van der Waals surface area (Å²) in [5.74, 6) is -3.00. The maximum absolute atomic E-state index is 13.7. The van der Waals surface area contributed by atoms with Gasteiger partial charge < -0.3 is 36.1 Å². The molecule has 0 aliphatic carbocycles. The molecule has 2 atom stereocenters. The number of amides is 3. The number of ether oxygens (including phenoxy) is 2. The quantitative estimate of drug-likeness (QED) is 0.0406. The minimum absolute atomic E-state index is 0.0144. The SMILES string of the molecule is CCOC(=O)CN(C)C(=O)[C@H](CN(C)S(=O)(=O)c1ccccc1[N+](=O)[O-])NC(=O)[C@H](CCCN/C(N)=N\S(=O)(=O)c1c(C)c(C)c2c(c1C)CC(C)(C)O2)NC(C)=O. The summed E-state index contributed by atoms with van der Waals surface area (Å²) in [5.41, 5.74) is 7.21. The fourth-order valence-electron chi connectivity index (χ4n) is 6.43. The van der Waals surface area contributed by atoms with Crippen molar-refractivity contribution in [3.8, 4) is 5.75 Å². The van der Waals surface area contributed by atoms with Crippen LogP contribution in [-0.4, -0.2) is 119 Å². The second kappa shape index (κ2) is 18.9. The highest BCUT2D eigenvalue weighted by Gasteiger charge is 2.38. The fourth-order valence-corrected chi connectivity index (χ4v) is 9.23. The topological polar surface area (TPSA) is 279 Å². The summed E-state index contributed by atoms with van der Waals surface area (Å²) in [4.78, 5) is 62.6. The third kappa shape index (κ3) is 11.4. The number of hydrogen-bond acceptors (Lipinski definition) is 12. The van der Waals surface area contributed by atoms with E-state index in [1.54, 1.807) is 27.7 Å². The van der Waals surface area contributed by atoms with Gasteiger partial charge in [0, 0.05) is 52.2 Å². The number of nitro groups is 1. The zero-order valence-electron chi connectivity index (χ0n) is 34.0. The fraction of sp³-hybridized carbons (Fsp3) is 0.528. The van der Waals surface area contributed by atoms with Gasteiger partial charge in [-0.25, -0.2) is 8.42 Å². The van der Waals surface area contributed by atoms with Crippen molar-refractivity contribution >= 4 is 55.4 Å². The first-order valence-corrected chi connectivity index (χ1v) is 21.1. The lowest BCUT2D eigenvalue weighted by atomic mass is 9.94. The molecule has 0 fully saturated rings. The van der Waals surface area contributed by atoms with Crippen molar-refractivity contribution in [2.24, 2.45) is 10.1 Å². The van der Waals surface area contributed by atoms with Crippen LogP contribution in [0.2, 0.25) is 0 Å². The van der Waals surface area contributed by atoms with Crippen LogP contribution >= 0.6 is 0 Å². The number of esters is 1. The maximum Gasteiger partial charge on any atom is 0.325 e. The Morgan fingerprint density at radius 2 is 1.67 bits per heavy atom. The molecule has 0 radical (unpaired) electrons. The van der Waals surface area contributed by atoms with E-state index in [0.717, 1.165) is 36.6 Å². The lowest BCUT2D eigenvalue weighted by Crippen LogP contribution is -2.57. The van der Waals surface area contributed by atoms with Gasteiger partial charge in [0.1, 0.15) is 30.0 Å². The first-order chi connectivity index (χ1) is 26.8. The zero-order chi connectivity index (χ0) is 43.9. The Bertz CT molecular complexity index is 2190. The average Bonchev–Trinajstić information content (AvgIpc) is 3.46. The molecule has 0 saturated heterocycles.